The average molecular weight is 408 g/mol. The number of hydrogen-bond acceptors (Lipinski definition) is 6. The van der Waals surface area contributed by atoms with E-state index in [0.717, 1.165) is 6.07 Å². The number of nitrogens with one attached hydrogen (secondary N) is 1. The third-order valence-corrected chi connectivity index (χ3v) is 6.52. The molecule has 150 valence electrons. The monoisotopic (exact) mass is 408 g/mol. The van der Waals surface area contributed by atoms with Crippen LogP contribution in [-0.2, 0) is 10.0 Å². The zero-order valence-corrected chi connectivity index (χ0v) is 16.4. The Morgan fingerprint density at radius 1 is 1.07 bits per heavy atom. The van der Waals surface area contributed by atoms with Gasteiger partial charge in [-0.15, -0.1) is 0 Å². The van der Waals surface area contributed by atoms with Crippen molar-refractivity contribution in [1.29, 1.82) is 0 Å². The molecule has 2 aromatic rings. The fraction of sp³-hybridized carbons (Fsp3) is 0.333. The third kappa shape index (κ3) is 4.24. The lowest BCUT2D eigenvalue weighted by atomic mass is 10.3. The molecule has 0 aromatic heterocycles. The first-order valence-corrected chi connectivity index (χ1v) is 10.2. The summed E-state index contributed by atoms with van der Waals surface area (Å²) in [5.41, 5.74) is -0.406. The summed E-state index contributed by atoms with van der Waals surface area (Å²) in [6, 6.07) is 10.3. The van der Waals surface area contributed by atoms with Gasteiger partial charge in [0.1, 0.15) is 11.5 Å². The van der Waals surface area contributed by atoms with Crippen molar-refractivity contribution < 1.29 is 27.7 Å². The van der Waals surface area contributed by atoms with Gasteiger partial charge >= 0.3 is 5.69 Å². The van der Waals surface area contributed by atoms with Gasteiger partial charge in [-0.2, -0.15) is 4.31 Å². The molecule has 0 atom stereocenters. The van der Waals surface area contributed by atoms with Crippen molar-refractivity contribution in [1.82, 2.24) is 4.31 Å². The summed E-state index contributed by atoms with van der Waals surface area (Å²) in [7, 11) is -0.267. The van der Waals surface area contributed by atoms with Crippen LogP contribution in [0.3, 0.4) is 0 Å². The van der Waals surface area contributed by atoms with E-state index in [9.17, 15) is 18.5 Å². The number of nitro benzene ring substituents is 1. The maximum atomic E-state index is 12.8. The highest BCUT2D eigenvalue weighted by Gasteiger charge is 2.31. The van der Waals surface area contributed by atoms with Gasteiger partial charge in [0.2, 0.25) is 15.8 Å². The van der Waals surface area contributed by atoms with Crippen LogP contribution in [0.4, 0.5) is 5.69 Å². The Hall–Kier alpha value is -2.69. The summed E-state index contributed by atoms with van der Waals surface area (Å²) in [6.07, 6.45) is 0. The van der Waals surface area contributed by atoms with E-state index in [2.05, 4.69) is 0 Å². The second-order valence-corrected chi connectivity index (χ2v) is 8.46. The molecule has 0 aliphatic carbocycles. The van der Waals surface area contributed by atoms with Crippen LogP contribution in [0.25, 0.3) is 0 Å². The highest BCUT2D eigenvalue weighted by Crippen LogP contribution is 2.34. The van der Waals surface area contributed by atoms with E-state index in [1.54, 1.807) is 24.3 Å². The molecule has 9 nitrogen and oxygen atoms in total. The second-order valence-electron chi connectivity index (χ2n) is 6.53. The topological polar surface area (TPSA) is 103 Å². The van der Waals surface area contributed by atoms with Crippen LogP contribution in [0.1, 0.15) is 0 Å². The number of nitrogens with zero attached hydrogens (tertiary/aromatic N) is 2. The number of sulfonamides is 1. The zero-order chi connectivity index (χ0) is 20.3. The van der Waals surface area contributed by atoms with E-state index in [-0.39, 0.29) is 10.6 Å². The minimum absolute atomic E-state index is 0.0306. The normalized spacial score (nSPS) is 15.9. The zero-order valence-electron chi connectivity index (χ0n) is 15.6. The van der Waals surface area contributed by atoms with Crippen molar-refractivity contribution in [2.75, 3.05) is 40.3 Å². The van der Waals surface area contributed by atoms with Crippen LogP contribution >= 0.6 is 0 Å². The molecule has 28 heavy (non-hydrogen) atoms. The molecule has 1 aliphatic heterocycles. The minimum atomic E-state index is -3.80. The number of methoxy groups -OCH3 is 1. The van der Waals surface area contributed by atoms with E-state index in [1.807, 2.05) is 7.05 Å². The third-order valence-electron chi connectivity index (χ3n) is 4.63. The molecule has 2 aromatic carbocycles. The Kier molecular flexibility index (Phi) is 5.82. The summed E-state index contributed by atoms with van der Waals surface area (Å²) < 4.78 is 37.7. The van der Waals surface area contributed by atoms with E-state index in [1.165, 1.54) is 28.4 Å². The van der Waals surface area contributed by atoms with Gasteiger partial charge in [-0.25, -0.2) is 8.42 Å². The first kappa shape index (κ1) is 20.1. The maximum Gasteiger partial charge on any atom is 0.312 e. The molecular weight excluding hydrogens is 386 g/mol. The van der Waals surface area contributed by atoms with Gasteiger partial charge in [-0.3, -0.25) is 10.1 Å². The summed E-state index contributed by atoms with van der Waals surface area (Å²) >= 11 is 0. The van der Waals surface area contributed by atoms with E-state index in [4.69, 9.17) is 9.47 Å². The van der Waals surface area contributed by atoms with Crippen LogP contribution in [-0.4, -0.2) is 58.0 Å². The van der Waals surface area contributed by atoms with Crippen molar-refractivity contribution in [2.24, 2.45) is 0 Å². The molecule has 1 saturated heterocycles. The van der Waals surface area contributed by atoms with Gasteiger partial charge in [0.05, 0.1) is 50.2 Å². The number of quaternary nitrogens is 1. The van der Waals surface area contributed by atoms with Crippen molar-refractivity contribution in [3.8, 4) is 17.2 Å². The van der Waals surface area contributed by atoms with Gasteiger partial charge in [0.15, 0.2) is 0 Å². The lowest BCUT2D eigenvalue weighted by molar-refractivity contribution is -0.883. The van der Waals surface area contributed by atoms with Crippen LogP contribution in [0, 0.1) is 10.1 Å². The molecule has 1 heterocycles. The first-order chi connectivity index (χ1) is 13.3. The molecule has 1 N–H and O–H groups in total. The summed E-state index contributed by atoms with van der Waals surface area (Å²) in [5, 5.41) is 11.5. The molecule has 1 aliphatic rings. The standard InChI is InChI=1S/C18H21N3O6S/c1-19-9-11-20(12-10-19)28(24,25)16-7-8-18(17(13-16)21(22)23)27-15-5-3-14(26-2)4-6-15/h3-8,13H,9-12H2,1-2H3/p+1. The Morgan fingerprint density at radius 3 is 2.25 bits per heavy atom. The number of hydrogen-bond donors (Lipinski definition) is 1. The Labute approximate surface area is 163 Å². The lowest BCUT2D eigenvalue weighted by Crippen LogP contribution is -3.12. The molecule has 1 fully saturated rings. The summed E-state index contributed by atoms with van der Waals surface area (Å²) in [5.74, 6) is 0.968. The Morgan fingerprint density at radius 2 is 1.68 bits per heavy atom. The molecular formula is C18H22N3O6S+. The molecule has 0 amide bonds. The van der Waals surface area contributed by atoms with Crippen molar-refractivity contribution in [2.45, 2.75) is 4.90 Å². The van der Waals surface area contributed by atoms with E-state index >= 15 is 0 Å². The van der Waals surface area contributed by atoms with E-state index in [0.29, 0.717) is 37.7 Å². The van der Waals surface area contributed by atoms with Gasteiger partial charge < -0.3 is 14.4 Å². The van der Waals surface area contributed by atoms with Crippen molar-refractivity contribution >= 4 is 15.7 Å². The largest absolute Gasteiger partial charge is 0.497 e. The lowest BCUT2D eigenvalue weighted by Gasteiger charge is -2.29. The molecule has 0 spiro atoms. The summed E-state index contributed by atoms with van der Waals surface area (Å²) in [6.45, 7) is 2.15. The number of piperazine rings is 1. The number of benzene rings is 2. The number of ether oxygens (including phenoxy) is 2. The average Bonchev–Trinajstić information content (AvgIpc) is 2.69. The van der Waals surface area contributed by atoms with Gasteiger partial charge in [-0.05, 0) is 36.4 Å². The quantitative estimate of drug-likeness (QED) is 0.563. The molecule has 0 unspecified atom stereocenters. The fourth-order valence-corrected chi connectivity index (χ4v) is 4.38. The second kappa shape index (κ2) is 8.13. The van der Waals surface area contributed by atoms with Crippen LogP contribution < -0.4 is 14.4 Å². The minimum Gasteiger partial charge on any atom is -0.497 e. The Balaban J connectivity index is 1.89. The molecule has 0 bridgehead atoms. The van der Waals surface area contributed by atoms with Crippen molar-refractivity contribution in [3.63, 3.8) is 0 Å². The SMILES string of the molecule is COc1ccc(Oc2ccc(S(=O)(=O)N3CC[NH+](C)CC3)cc2[N+](=O)[O-])cc1. The molecule has 0 radical (unpaired) electrons. The highest BCUT2D eigenvalue weighted by atomic mass is 32.2. The number of rotatable bonds is 6. The molecule has 0 saturated carbocycles. The number of nitro groups is 1. The van der Waals surface area contributed by atoms with Crippen molar-refractivity contribution in [3.05, 3.63) is 52.6 Å². The fourth-order valence-electron chi connectivity index (χ4n) is 2.91. The number of likely N-dealkylation sites (N-methyl/N-ethyl adjacent to an activating group) is 1. The molecule has 10 heteroatoms. The van der Waals surface area contributed by atoms with Gasteiger partial charge in [-0.1, -0.05) is 0 Å². The smallest absolute Gasteiger partial charge is 0.312 e. The predicted octanol–water partition coefficient (Wildman–Crippen LogP) is 0.915. The summed E-state index contributed by atoms with van der Waals surface area (Å²) in [4.78, 5) is 12.0. The van der Waals surface area contributed by atoms with Crippen LogP contribution in [0.2, 0.25) is 0 Å². The molecule has 3 rings (SSSR count). The van der Waals surface area contributed by atoms with Gasteiger partial charge in [0.25, 0.3) is 0 Å². The Bertz CT molecular complexity index is 954. The highest BCUT2D eigenvalue weighted by molar-refractivity contribution is 7.89. The van der Waals surface area contributed by atoms with Crippen LogP contribution in [0.5, 0.6) is 17.2 Å². The predicted molar refractivity (Wildman–Crippen MR) is 102 cm³/mol. The van der Waals surface area contributed by atoms with Gasteiger partial charge in [0, 0.05) is 6.07 Å². The van der Waals surface area contributed by atoms with E-state index < -0.39 is 20.6 Å². The first-order valence-electron chi connectivity index (χ1n) is 8.73. The van der Waals surface area contributed by atoms with Crippen LogP contribution in [0.15, 0.2) is 47.4 Å². The maximum absolute atomic E-state index is 12.8.